The van der Waals surface area contributed by atoms with Crippen molar-refractivity contribution in [3.05, 3.63) is 10.1 Å². The van der Waals surface area contributed by atoms with Gasteiger partial charge in [-0.15, -0.1) is 0 Å². The SMILES string of the molecule is CN(C)CC(C(=O)O)[N+](=O)[O-]. The zero-order chi connectivity index (χ0) is 9.02. The number of hydrogen-bond acceptors (Lipinski definition) is 4. The van der Waals surface area contributed by atoms with Crippen LogP contribution in [0.5, 0.6) is 0 Å². The summed E-state index contributed by atoms with van der Waals surface area (Å²) in [5, 5.41) is 18.4. The van der Waals surface area contributed by atoms with Crippen LogP contribution in [0.4, 0.5) is 0 Å². The lowest BCUT2D eigenvalue weighted by molar-refractivity contribution is -0.510. The van der Waals surface area contributed by atoms with Gasteiger partial charge in [-0.2, -0.15) is 0 Å². The molecule has 64 valence electrons. The van der Waals surface area contributed by atoms with E-state index in [4.69, 9.17) is 5.11 Å². The second-order valence-corrected chi connectivity index (χ2v) is 2.40. The fraction of sp³-hybridized carbons (Fsp3) is 0.800. The second kappa shape index (κ2) is 3.87. The molecule has 0 radical (unpaired) electrons. The highest BCUT2D eigenvalue weighted by Gasteiger charge is 2.29. The van der Waals surface area contributed by atoms with Crippen LogP contribution in [0.1, 0.15) is 0 Å². The Hall–Kier alpha value is -1.17. The van der Waals surface area contributed by atoms with E-state index in [1.165, 1.54) is 4.90 Å². The van der Waals surface area contributed by atoms with E-state index in [2.05, 4.69) is 0 Å². The minimum Gasteiger partial charge on any atom is -0.476 e. The first-order valence-corrected chi connectivity index (χ1v) is 2.96. The van der Waals surface area contributed by atoms with Crippen molar-refractivity contribution in [3.8, 4) is 0 Å². The van der Waals surface area contributed by atoms with E-state index in [1.807, 2.05) is 0 Å². The molecule has 0 aliphatic rings. The molecule has 0 aromatic rings. The Morgan fingerprint density at radius 2 is 2.18 bits per heavy atom. The second-order valence-electron chi connectivity index (χ2n) is 2.40. The maximum absolute atomic E-state index is 10.2. The highest BCUT2D eigenvalue weighted by molar-refractivity contribution is 5.72. The molecule has 6 nitrogen and oxygen atoms in total. The van der Waals surface area contributed by atoms with Crippen molar-refractivity contribution in [3.63, 3.8) is 0 Å². The smallest absolute Gasteiger partial charge is 0.380 e. The van der Waals surface area contributed by atoms with Gasteiger partial charge in [0, 0.05) is 4.92 Å². The van der Waals surface area contributed by atoms with Gasteiger partial charge < -0.3 is 10.0 Å². The maximum atomic E-state index is 10.2. The number of hydrogen-bond donors (Lipinski definition) is 1. The molecule has 0 saturated carbocycles. The van der Waals surface area contributed by atoms with Gasteiger partial charge in [0.25, 0.3) is 0 Å². The Morgan fingerprint density at radius 1 is 1.73 bits per heavy atom. The fourth-order valence-electron chi connectivity index (χ4n) is 0.581. The standard InChI is InChI=1S/C5H10N2O4/c1-6(2)3-4(5(8)9)7(10)11/h4H,3H2,1-2H3,(H,8,9). The number of carboxylic acids is 1. The van der Waals surface area contributed by atoms with E-state index >= 15 is 0 Å². The highest BCUT2D eigenvalue weighted by Crippen LogP contribution is 1.91. The lowest BCUT2D eigenvalue weighted by Gasteiger charge is -2.10. The molecule has 0 aromatic heterocycles. The first-order chi connectivity index (χ1) is 4.95. The molecule has 1 unspecified atom stereocenters. The van der Waals surface area contributed by atoms with E-state index < -0.39 is 16.9 Å². The van der Waals surface area contributed by atoms with Crippen LogP contribution >= 0.6 is 0 Å². The summed E-state index contributed by atoms with van der Waals surface area (Å²) in [6.07, 6.45) is 0. The summed E-state index contributed by atoms with van der Waals surface area (Å²) in [5.41, 5.74) is 0. The first kappa shape index (κ1) is 9.83. The first-order valence-electron chi connectivity index (χ1n) is 2.96. The number of rotatable bonds is 4. The van der Waals surface area contributed by atoms with Crippen molar-refractivity contribution in [2.24, 2.45) is 0 Å². The zero-order valence-electron chi connectivity index (χ0n) is 6.35. The fourth-order valence-corrected chi connectivity index (χ4v) is 0.581. The Bertz CT molecular complexity index is 154. The van der Waals surface area contributed by atoms with Gasteiger partial charge in [0.05, 0.1) is 6.54 Å². The average Bonchev–Trinajstić information content (AvgIpc) is 1.81. The molecule has 0 bridgehead atoms. The molecule has 0 spiro atoms. The van der Waals surface area contributed by atoms with Gasteiger partial charge in [-0.25, -0.2) is 4.79 Å². The van der Waals surface area contributed by atoms with Crippen LogP contribution < -0.4 is 0 Å². The Kier molecular flexibility index (Phi) is 3.46. The molecule has 0 aliphatic carbocycles. The van der Waals surface area contributed by atoms with E-state index in [-0.39, 0.29) is 6.54 Å². The third-order valence-electron chi connectivity index (χ3n) is 1.08. The van der Waals surface area contributed by atoms with Crippen molar-refractivity contribution in [2.75, 3.05) is 20.6 Å². The maximum Gasteiger partial charge on any atom is 0.380 e. The highest BCUT2D eigenvalue weighted by atomic mass is 16.6. The monoisotopic (exact) mass is 162 g/mol. The molecule has 0 rings (SSSR count). The largest absolute Gasteiger partial charge is 0.476 e. The summed E-state index contributed by atoms with van der Waals surface area (Å²) < 4.78 is 0. The lowest BCUT2D eigenvalue weighted by Crippen LogP contribution is -2.38. The predicted molar refractivity (Wildman–Crippen MR) is 37.0 cm³/mol. The summed E-state index contributed by atoms with van der Waals surface area (Å²) in [6.45, 7) is -0.0810. The predicted octanol–water partition coefficient (Wildman–Crippen LogP) is -0.722. The van der Waals surface area contributed by atoms with Crippen LogP contribution in [0.2, 0.25) is 0 Å². The van der Waals surface area contributed by atoms with Crippen molar-refractivity contribution >= 4 is 5.97 Å². The summed E-state index contributed by atoms with van der Waals surface area (Å²) in [4.78, 5) is 20.9. The van der Waals surface area contributed by atoms with Crippen molar-refractivity contribution in [2.45, 2.75) is 6.04 Å². The Balaban J connectivity index is 4.12. The average molecular weight is 162 g/mol. The number of aliphatic carboxylic acids is 1. The molecule has 0 saturated heterocycles. The van der Waals surface area contributed by atoms with Crippen molar-refractivity contribution in [1.29, 1.82) is 0 Å². The molecule has 0 amide bonds. The minimum atomic E-state index is -1.52. The van der Waals surface area contributed by atoms with Gasteiger partial charge in [-0.05, 0) is 14.1 Å². The van der Waals surface area contributed by atoms with E-state index in [0.717, 1.165) is 0 Å². The Morgan fingerprint density at radius 3 is 2.27 bits per heavy atom. The normalized spacial score (nSPS) is 13.0. The van der Waals surface area contributed by atoms with Crippen molar-refractivity contribution < 1.29 is 14.8 Å². The summed E-state index contributed by atoms with van der Waals surface area (Å²) in [7, 11) is 3.17. The molecule has 0 fully saturated rings. The number of nitro groups is 1. The quantitative estimate of drug-likeness (QED) is 0.435. The molecule has 0 aromatic carbocycles. The number of likely N-dealkylation sites (N-methyl/N-ethyl adjacent to an activating group) is 1. The van der Waals surface area contributed by atoms with Crippen LogP contribution in [0.25, 0.3) is 0 Å². The summed E-state index contributed by atoms with van der Waals surface area (Å²) in [5.74, 6) is -1.40. The van der Waals surface area contributed by atoms with Crippen LogP contribution in [-0.2, 0) is 4.79 Å². The molecule has 1 N–H and O–H groups in total. The summed E-state index contributed by atoms with van der Waals surface area (Å²) in [6, 6.07) is -1.52. The van der Waals surface area contributed by atoms with Crippen molar-refractivity contribution in [1.82, 2.24) is 4.90 Å². The van der Waals surface area contributed by atoms with E-state index in [9.17, 15) is 14.9 Å². The van der Waals surface area contributed by atoms with Crippen LogP contribution in [-0.4, -0.2) is 47.6 Å². The van der Waals surface area contributed by atoms with E-state index in [0.29, 0.717) is 0 Å². The molecule has 1 atom stereocenters. The van der Waals surface area contributed by atoms with Crippen LogP contribution in [0, 0.1) is 10.1 Å². The minimum absolute atomic E-state index is 0.0810. The van der Waals surface area contributed by atoms with Gasteiger partial charge in [-0.3, -0.25) is 10.1 Å². The molecular formula is C5H10N2O4. The lowest BCUT2D eigenvalue weighted by atomic mass is 10.3. The molecule has 0 heterocycles. The molecule has 6 heteroatoms. The molecule has 0 aliphatic heterocycles. The van der Waals surface area contributed by atoms with Gasteiger partial charge in [0.15, 0.2) is 0 Å². The number of nitrogens with zero attached hydrogens (tertiary/aromatic N) is 2. The van der Waals surface area contributed by atoms with E-state index in [1.54, 1.807) is 14.1 Å². The number of carbonyl (C=O) groups is 1. The van der Waals surface area contributed by atoms with Crippen LogP contribution in [0.3, 0.4) is 0 Å². The van der Waals surface area contributed by atoms with Gasteiger partial charge in [0.1, 0.15) is 0 Å². The van der Waals surface area contributed by atoms with Crippen LogP contribution in [0.15, 0.2) is 0 Å². The van der Waals surface area contributed by atoms with Gasteiger partial charge >= 0.3 is 12.0 Å². The zero-order valence-corrected chi connectivity index (χ0v) is 6.35. The topological polar surface area (TPSA) is 83.7 Å². The Labute approximate surface area is 63.6 Å². The third-order valence-corrected chi connectivity index (χ3v) is 1.08. The molecular weight excluding hydrogens is 152 g/mol. The molecule has 11 heavy (non-hydrogen) atoms. The number of carboxylic acid groups (broad SMARTS) is 1. The van der Waals surface area contributed by atoms with Gasteiger partial charge in [0.2, 0.25) is 0 Å². The van der Waals surface area contributed by atoms with Gasteiger partial charge in [-0.1, -0.05) is 0 Å². The third kappa shape index (κ3) is 3.51. The summed E-state index contributed by atoms with van der Waals surface area (Å²) >= 11 is 0.